The van der Waals surface area contributed by atoms with Crippen LogP contribution >= 0.6 is 11.6 Å². The minimum Gasteiger partial charge on any atom is -0.308 e. The van der Waals surface area contributed by atoms with Gasteiger partial charge in [0.05, 0.1) is 35.7 Å². The molecule has 5 nitrogen and oxygen atoms in total. The summed E-state index contributed by atoms with van der Waals surface area (Å²) in [4.78, 5) is 5.97. The van der Waals surface area contributed by atoms with Gasteiger partial charge in [-0.15, -0.1) is 0 Å². The van der Waals surface area contributed by atoms with Crippen LogP contribution in [-0.2, 0) is 6.54 Å². The van der Waals surface area contributed by atoms with E-state index < -0.39 is 0 Å². The van der Waals surface area contributed by atoms with Crippen molar-refractivity contribution in [1.29, 1.82) is 0 Å². The molecule has 21 heavy (non-hydrogen) atoms. The van der Waals surface area contributed by atoms with Gasteiger partial charge in [0.25, 0.3) is 0 Å². The summed E-state index contributed by atoms with van der Waals surface area (Å²) < 4.78 is 15.2. The Morgan fingerprint density at radius 1 is 1.38 bits per heavy atom. The summed E-state index contributed by atoms with van der Waals surface area (Å²) in [6, 6.07) is 1.19. The average molecular weight is 312 g/mol. The molecule has 2 rings (SSSR count). The summed E-state index contributed by atoms with van der Waals surface area (Å²) in [6.07, 6.45) is 4.43. The monoisotopic (exact) mass is 311 g/mol. The SMILES string of the molecule is CNC(c1cncc(F)c1)c1c(Cl)cnn1CCN(C)C. The van der Waals surface area contributed by atoms with Crippen LogP contribution in [0.3, 0.4) is 0 Å². The topological polar surface area (TPSA) is 46.0 Å². The van der Waals surface area contributed by atoms with Crippen LogP contribution in [0.5, 0.6) is 0 Å². The number of hydrogen-bond donors (Lipinski definition) is 1. The molecule has 0 bridgehead atoms. The number of rotatable bonds is 6. The molecule has 0 aliphatic heterocycles. The minimum atomic E-state index is -0.372. The molecule has 7 heteroatoms. The first-order chi connectivity index (χ1) is 10.0. The van der Waals surface area contributed by atoms with E-state index in [4.69, 9.17) is 11.6 Å². The second-order valence-electron chi connectivity index (χ2n) is 5.06. The maximum absolute atomic E-state index is 13.4. The van der Waals surface area contributed by atoms with Gasteiger partial charge in [-0.05, 0) is 32.8 Å². The molecule has 0 spiro atoms. The number of pyridine rings is 1. The molecular weight excluding hydrogens is 293 g/mol. The van der Waals surface area contributed by atoms with Crippen LogP contribution in [0.1, 0.15) is 17.3 Å². The van der Waals surface area contributed by atoms with Crippen molar-refractivity contribution in [2.24, 2.45) is 0 Å². The standard InChI is InChI=1S/C14H19ClFN5/c1-17-13(10-6-11(16)8-18-7-10)14-12(15)9-19-21(14)5-4-20(2)3/h6-9,13,17H,4-5H2,1-3H3. The van der Waals surface area contributed by atoms with Gasteiger partial charge in [0, 0.05) is 12.7 Å². The predicted molar refractivity (Wildman–Crippen MR) is 80.9 cm³/mol. The highest BCUT2D eigenvalue weighted by atomic mass is 35.5. The Bertz CT molecular complexity index is 599. The first kappa shape index (κ1) is 15.9. The Kier molecular flexibility index (Phi) is 5.27. The van der Waals surface area contributed by atoms with E-state index in [1.807, 2.05) is 18.8 Å². The first-order valence-corrected chi connectivity index (χ1v) is 7.04. The van der Waals surface area contributed by atoms with E-state index in [0.717, 1.165) is 12.2 Å². The lowest BCUT2D eigenvalue weighted by Gasteiger charge is -2.20. The van der Waals surface area contributed by atoms with E-state index in [2.05, 4.69) is 20.3 Å². The average Bonchev–Trinajstić information content (AvgIpc) is 2.79. The fourth-order valence-electron chi connectivity index (χ4n) is 2.18. The summed E-state index contributed by atoms with van der Waals surface area (Å²) in [6.45, 7) is 1.54. The van der Waals surface area contributed by atoms with Gasteiger partial charge in [0.2, 0.25) is 0 Å². The zero-order valence-electron chi connectivity index (χ0n) is 12.3. The number of nitrogens with zero attached hydrogens (tertiary/aromatic N) is 4. The van der Waals surface area contributed by atoms with Crippen molar-refractivity contribution in [2.45, 2.75) is 12.6 Å². The van der Waals surface area contributed by atoms with E-state index in [0.29, 0.717) is 17.1 Å². The van der Waals surface area contributed by atoms with Crippen molar-refractivity contribution in [3.63, 3.8) is 0 Å². The van der Waals surface area contributed by atoms with E-state index >= 15 is 0 Å². The minimum absolute atomic E-state index is 0.259. The van der Waals surface area contributed by atoms with E-state index in [1.54, 1.807) is 19.4 Å². The molecule has 0 aromatic carbocycles. The molecule has 0 radical (unpaired) electrons. The third kappa shape index (κ3) is 3.78. The number of halogens is 2. The van der Waals surface area contributed by atoms with Crippen LogP contribution in [0.25, 0.3) is 0 Å². The van der Waals surface area contributed by atoms with Gasteiger partial charge in [-0.1, -0.05) is 11.6 Å². The van der Waals surface area contributed by atoms with E-state index in [1.165, 1.54) is 12.3 Å². The van der Waals surface area contributed by atoms with Crippen molar-refractivity contribution in [3.8, 4) is 0 Å². The highest BCUT2D eigenvalue weighted by molar-refractivity contribution is 6.31. The van der Waals surface area contributed by atoms with Gasteiger partial charge in [0.1, 0.15) is 5.82 Å². The quantitative estimate of drug-likeness (QED) is 0.885. The highest BCUT2D eigenvalue weighted by Crippen LogP contribution is 2.28. The van der Waals surface area contributed by atoms with Crippen LogP contribution < -0.4 is 5.32 Å². The van der Waals surface area contributed by atoms with Crippen LogP contribution in [0.15, 0.2) is 24.7 Å². The fourth-order valence-corrected chi connectivity index (χ4v) is 2.43. The van der Waals surface area contributed by atoms with Crippen LogP contribution in [0, 0.1) is 5.82 Å². The lowest BCUT2D eigenvalue weighted by molar-refractivity contribution is 0.366. The van der Waals surface area contributed by atoms with Crippen molar-refractivity contribution in [3.05, 3.63) is 46.8 Å². The molecule has 2 heterocycles. The predicted octanol–water partition coefficient (Wildman–Crippen LogP) is 1.94. The maximum Gasteiger partial charge on any atom is 0.141 e. The zero-order chi connectivity index (χ0) is 15.4. The van der Waals surface area contributed by atoms with E-state index in [-0.39, 0.29) is 11.9 Å². The molecule has 2 aromatic heterocycles. The second kappa shape index (κ2) is 6.98. The molecule has 0 aliphatic rings. The highest BCUT2D eigenvalue weighted by Gasteiger charge is 2.21. The van der Waals surface area contributed by atoms with Gasteiger partial charge in [-0.25, -0.2) is 4.39 Å². The molecule has 2 aromatic rings. The Morgan fingerprint density at radius 3 is 2.76 bits per heavy atom. The first-order valence-electron chi connectivity index (χ1n) is 6.66. The molecule has 0 saturated carbocycles. The number of aromatic nitrogens is 3. The van der Waals surface area contributed by atoms with Gasteiger partial charge < -0.3 is 10.2 Å². The maximum atomic E-state index is 13.4. The van der Waals surface area contributed by atoms with Crippen molar-refractivity contribution >= 4 is 11.6 Å². The molecule has 1 atom stereocenters. The lowest BCUT2D eigenvalue weighted by atomic mass is 10.1. The van der Waals surface area contributed by atoms with Crippen LogP contribution in [-0.4, -0.2) is 47.4 Å². The van der Waals surface area contributed by atoms with Crippen molar-refractivity contribution in [2.75, 3.05) is 27.7 Å². The Morgan fingerprint density at radius 2 is 2.14 bits per heavy atom. The van der Waals surface area contributed by atoms with Crippen LogP contribution in [0.4, 0.5) is 4.39 Å². The molecule has 0 fully saturated rings. The normalized spacial score (nSPS) is 12.9. The third-order valence-corrected chi connectivity index (χ3v) is 3.50. The molecule has 0 saturated heterocycles. The summed E-state index contributed by atoms with van der Waals surface area (Å²) in [7, 11) is 5.79. The largest absolute Gasteiger partial charge is 0.308 e. The van der Waals surface area contributed by atoms with Gasteiger partial charge >= 0.3 is 0 Å². The summed E-state index contributed by atoms with van der Waals surface area (Å²) in [5.41, 5.74) is 1.53. The number of hydrogen-bond acceptors (Lipinski definition) is 4. The second-order valence-corrected chi connectivity index (χ2v) is 5.47. The molecule has 0 aliphatic carbocycles. The van der Waals surface area contributed by atoms with Crippen molar-refractivity contribution in [1.82, 2.24) is 25.0 Å². The fraction of sp³-hybridized carbons (Fsp3) is 0.429. The molecule has 0 amide bonds. The van der Waals surface area contributed by atoms with Crippen molar-refractivity contribution < 1.29 is 4.39 Å². The number of nitrogens with one attached hydrogen (secondary N) is 1. The van der Waals surface area contributed by atoms with Gasteiger partial charge in [0.15, 0.2) is 0 Å². The molecule has 114 valence electrons. The van der Waals surface area contributed by atoms with Gasteiger partial charge in [-0.2, -0.15) is 5.10 Å². The van der Waals surface area contributed by atoms with E-state index in [9.17, 15) is 4.39 Å². The summed E-state index contributed by atoms with van der Waals surface area (Å²) in [5, 5.41) is 8.01. The van der Waals surface area contributed by atoms with Crippen LogP contribution in [0.2, 0.25) is 5.02 Å². The molecular formula is C14H19ClFN5. The number of likely N-dealkylation sites (N-methyl/N-ethyl adjacent to an activating group) is 1. The Labute approximate surface area is 128 Å². The lowest BCUT2D eigenvalue weighted by Crippen LogP contribution is -2.25. The summed E-state index contributed by atoms with van der Waals surface area (Å²) >= 11 is 6.27. The molecule has 1 N–H and O–H groups in total. The smallest absolute Gasteiger partial charge is 0.141 e. The zero-order valence-corrected chi connectivity index (χ0v) is 13.1. The third-order valence-electron chi connectivity index (χ3n) is 3.21. The summed E-state index contributed by atoms with van der Waals surface area (Å²) in [5.74, 6) is -0.372. The molecule has 1 unspecified atom stereocenters. The van der Waals surface area contributed by atoms with Gasteiger partial charge in [-0.3, -0.25) is 9.67 Å². The Balaban J connectivity index is 2.35. The Hall–Kier alpha value is -1.50.